The number of nitrogens with two attached hydrogens (primary N) is 1. The summed E-state index contributed by atoms with van der Waals surface area (Å²) in [7, 11) is 0. The summed E-state index contributed by atoms with van der Waals surface area (Å²) in [6, 6.07) is 5.27. The molecular weight excluding hydrogens is 290 g/mol. The standard InChI is InChI=1S/C14H17N3O3S/c1-9-7-10(15)4-5-11(9)16-12(18)3-2-6-17-13(19)8-21-14(17)20/h4-5,7H,2-3,6,8,15H2,1H3,(H,16,18). The van der Waals surface area contributed by atoms with Crippen molar-refractivity contribution in [3.8, 4) is 0 Å². The van der Waals surface area contributed by atoms with Gasteiger partial charge in [-0.1, -0.05) is 11.8 Å². The van der Waals surface area contributed by atoms with E-state index in [4.69, 9.17) is 5.73 Å². The lowest BCUT2D eigenvalue weighted by Gasteiger charge is -2.13. The van der Waals surface area contributed by atoms with Gasteiger partial charge in [-0.25, -0.2) is 0 Å². The van der Waals surface area contributed by atoms with Crippen molar-refractivity contribution in [2.75, 3.05) is 23.3 Å². The zero-order valence-electron chi connectivity index (χ0n) is 11.7. The van der Waals surface area contributed by atoms with E-state index < -0.39 is 0 Å². The van der Waals surface area contributed by atoms with Crippen LogP contribution in [0.15, 0.2) is 18.2 Å². The highest BCUT2D eigenvalue weighted by Gasteiger charge is 2.29. The molecule has 0 radical (unpaired) electrons. The molecule has 0 spiro atoms. The molecule has 3 N–H and O–H groups in total. The number of aryl methyl sites for hydroxylation is 1. The van der Waals surface area contributed by atoms with Crippen molar-refractivity contribution in [2.24, 2.45) is 0 Å². The second-order valence-electron chi connectivity index (χ2n) is 4.83. The average molecular weight is 307 g/mol. The maximum absolute atomic E-state index is 11.9. The zero-order valence-corrected chi connectivity index (χ0v) is 12.5. The molecule has 0 saturated carbocycles. The van der Waals surface area contributed by atoms with E-state index in [0.29, 0.717) is 18.7 Å². The molecule has 0 unspecified atom stereocenters. The van der Waals surface area contributed by atoms with Gasteiger partial charge in [0.15, 0.2) is 0 Å². The summed E-state index contributed by atoms with van der Waals surface area (Å²) in [6.07, 6.45) is 0.712. The Labute approximate surface area is 127 Å². The molecule has 1 aliphatic rings. The van der Waals surface area contributed by atoms with Crippen molar-refractivity contribution >= 4 is 40.2 Å². The third kappa shape index (κ3) is 3.98. The van der Waals surface area contributed by atoms with Crippen LogP contribution in [0.25, 0.3) is 0 Å². The highest BCUT2D eigenvalue weighted by Crippen LogP contribution is 2.20. The summed E-state index contributed by atoms with van der Waals surface area (Å²) >= 11 is 1.00. The minimum Gasteiger partial charge on any atom is -0.399 e. The highest BCUT2D eigenvalue weighted by atomic mass is 32.2. The number of thioether (sulfide) groups is 1. The Hall–Kier alpha value is -2.02. The molecule has 1 aromatic rings. The fraction of sp³-hybridized carbons (Fsp3) is 0.357. The first-order chi connectivity index (χ1) is 9.97. The number of amides is 3. The lowest BCUT2D eigenvalue weighted by Crippen LogP contribution is -2.30. The fourth-order valence-electron chi connectivity index (χ4n) is 2.03. The Morgan fingerprint density at radius 2 is 2.19 bits per heavy atom. The van der Waals surface area contributed by atoms with E-state index in [1.807, 2.05) is 6.92 Å². The number of anilines is 2. The molecule has 0 aromatic heterocycles. The predicted octanol–water partition coefficient (Wildman–Crippen LogP) is 1.99. The molecule has 3 amide bonds. The predicted molar refractivity (Wildman–Crippen MR) is 83.0 cm³/mol. The molecule has 1 saturated heterocycles. The SMILES string of the molecule is Cc1cc(N)ccc1NC(=O)CCCN1C(=O)CSC1=O. The smallest absolute Gasteiger partial charge is 0.288 e. The Morgan fingerprint density at radius 3 is 2.81 bits per heavy atom. The van der Waals surface area contributed by atoms with Gasteiger partial charge < -0.3 is 11.1 Å². The average Bonchev–Trinajstić information content (AvgIpc) is 2.74. The zero-order chi connectivity index (χ0) is 15.4. The van der Waals surface area contributed by atoms with Crippen molar-refractivity contribution < 1.29 is 14.4 Å². The van der Waals surface area contributed by atoms with E-state index in [2.05, 4.69) is 5.32 Å². The van der Waals surface area contributed by atoms with Gasteiger partial charge in [-0.2, -0.15) is 0 Å². The summed E-state index contributed by atoms with van der Waals surface area (Å²) in [4.78, 5) is 35.8. The van der Waals surface area contributed by atoms with Crippen LogP contribution in [-0.4, -0.2) is 34.3 Å². The van der Waals surface area contributed by atoms with Crippen molar-refractivity contribution in [1.29, 1.82) is 0 Å². The molecule has 0 aliphatic carbocycles. The number of carbonyl (C=O) groups excluding carboxylic acids is 3. The van der Waals surface area contributed by atoms with Gasteiger partial charge in [-0.05, 0) is 37.1 Å². The van der Waals surface area contributed by atoms with Gasteiger partial charge >= 0.3 is 0 Å². The lowest BCUT2D eigenvalue weighted by molar-refractivity contribution is -0.125. The van der Waals surface area contributed by atoms with E-state index in [1.54, 1.807) is 18.2 Å². The van der Waals surface area contributed by atoms with Crippen LogP contribution in [0.5, 0.6) is 0 Å². The molecule has 7 heteroatoms. The van der Waals surface area contributed by atoms with Gasteiger partial charge in [0.05, 0.1) is 5.75 Å². The number of benzene rings is 1. The Bertz CT molecular complexity index is 573. The molecule has 6 nitrogen and oxygen atoms in total. The summed E-state index contributed by atoms with van der Waals surface area (Å²) in [5.74, 6) is -0.121. The van der Waals surface area contributed by atoms with Gasteiger partial charge in [0.1, 0.15) is 0 Å². The number of carbonyl (C=O) groups is 3. The van der Waals surface area contributed by atoms with Crippen LogP contribution < -0.4 is 11.1 Å². The molecule has 21 heavy (non-hydrogen) atoms. The Morgan fingerprint density at radius 1 is 1.43 bits per heavy atom. The first kappa shape index (κ1) is 15.4. The number of hydrogen-bond donors (Lipinski definition) is 2. The van der Waals surface area contributed by atoms with E-state index in [0.717, 1.165) is 23.0 Å². The summed E-state index contributed by atoms with van der Waals surface area (Å²) in [5.41, 5.74) is 7.91. The first-order valence-corrected chi connectivity index (χ1v) is 7.59. The number of imide groups is 1. The second kappa shape index (κ2) is 6.62. The number of nitrogens with one attached hydrogen (secondary N) is 1. The molecule has 0 bridgehead atoms. The Kier molecular flexibility index (Phi) is 4.85. The number of rotatable bonds is 5. The maximum atomic E-state index is 11.9. The first-order valence-electron chi connectivity index (χ1n) is 6.60. The highest BCUT2D eigenvalue weighted by molar-refractivity contribution is 8.14. The Balaban J connectivity index is 1.80. The third-order valence-electron chi connectivity index (χ3n) is 3.15. The summed E-state index contributed by atoms with van der Waals surface area (Å²) in [6.45, 7) is 2.16. The van der Waals surface area contributed by atoms with Crippen LogP contribution in [0, 0.1) is 6.92 Å². The molecule has 0 atom stereocenters. The number of nitrogens with zero attached hydrogens (tertiary/aromatic N) is 1. The molecule has 1 aromatic carbocycles. The van der Waals surface area contributed by atoms with E-state index in [-0.39, 0.29) is 29.2 Å². The van der Waals surface area contributed by atoms with Gasteiger partial charge in [0.2, 0.25) is 11.8 Å². The minimum atomic E-state index is -0.227. The molecule has 1 heterocycles. The van der Waals surface area contributed by atoms with E-state index >= 15 is 0 Å². The lowest BCUT2D eigenvalue weighted by atomic mass is 10.1. The van der Waals surface area contributed by atoms with Crippen LogP contribution >= 0.6 is 11.8 Å². The van der Waals surface area contributed by atoms with Crippen molar-refractivity contribution in [2.45, 2.75) is 19.8 Å². The second-order valence-corrected chi connectivity index (χ2v) is 5.75. The largest absolute Gasteiger partial charge is 0.399 e. The summed E-state index contributed by atoms with van der Waals surface area (Å²) in [5, 5.41) is 2.57. The van der Waals surface area contributed by atoms with E-state index in [9.17, 15) is 14.4 Å². The third-order valence-corrected chi connectivity index (χ3v) is 4.01. The van der Waals surface area contributed by atoms with Crippen molar-refractivity contribution in [1.82, 2.24) is 4.90 Å². The van der Waals surface area contributed by atoms with Crippen LogP contribution in [0.1, 0.15) is 18.4 Å². The van der Waals surface area contributed by atoms with E-state index in [1.165, 1.54) is 4.90 Å². The maximum Gasteiger partial charge on any atom is 0.288 e. The molecular formula is C14H17N3O3S. The quantitative estimate of drug-likeness (QED) is 0.812. The minimum absolute atomic E-state index is 0.144. The van der Waals surface area contributed by atoms with Gasteiger partial charge in [-0.15, -0.1) is 0 Å². The van der Waals surface area contributed by atoms with Crippen LogP contribution in [0.4, 0.5) is 16.2 Å². The molecule has 2 rings (SSSR count). The normalized spacial score (nSPS) is 14.6. The number of nitrogen functional groups attached to an aromatic ring is 1. The summed E-state index contributed by atoms with van der Waals surface area (Å²) < 4.78 is 0. The van der Waals surface area contributed by atoms with Gasteiger partial charge in [-0.3, -0.25) is 19.3 Å². The fourth-order valence-corrected chi connectivity index (χ4v) is 2.79. The monoisotopic (exact) mass is 307 g/mol. The molecule has 1 aliphatic heterocycles. The topological polar surface area (TPSA) is 92.5 Å². The van der Waals surface area contributed by atoms with Crippen LogP contribution in [0.2, 0.25) is 0 Å². The van der Waals surface area contributed by atoms with Crippen LogP contribution in [-0.2, 0) is 9.59 Å². The van der Waals surface area contributed by atoms with Gasteiger partial charge in [0.25, 0.3) is 5.24 Å². The van der Waals surface area contributed by atoms with Crippen LogP contribution in [0.3, 0.4) is 0 Å². The van der Waals surface area contributed by atoms with Gasteiger partial charge in [0, 0.05) is 24.3 Å². The molecule has 112 valence electrons. The van der Waals surface area contributed by atoms with Crippen molar-refractivity contribution in [3.63, 3.8) is 0 Å². The number of hydrogen-bond acceptors (Lipinski definition) is 5. The van der Waals surface area contributed by atoms with Crippen molar-refractivity contribution in [3.05, 3.63) is 23.8 Å². The molecule has 1 fully saturated rings.